The molecule has 1 amide bonds. The highest BCUT2D eigenvalue weighted by Crippen LogP contribution is 2.30. The lowest BCUT2D eigenvalue weighted by molar-refractivity contribution is -0.118. The Bertz CT molecular complexity index is 1040. The molecule has 0 spiro atoms. The van der Waals surface area contributed by atoms with E-state index in [4.69, 9.17) is 9.15 Å². The van der Waals surface area contributed by atoms with Crippen LogP contribution in [0.4, 0.5) is 10.1 Å². The number of aromatic nitrogens is 2. The molecular weight excluding hydrogens is 373 g/mol. The first-order chi connectivity index (χ1) is 13.1. The third kappa shape index (κ3) is 3.68. The summed E-state index contributed by atoms with van der Waals surface area (Å²) in [5, 5.41) is 10.5. The maximum Gasteiger partial charge on any atom is 0.277 e. The predicted molar refractivity (Wildman–Crippen MR) is 95.3 cm³/mol. The highest BCUT2D eigenvalue weighted by atomic mass is 32.2. The number of nitrogens with one attached hydrogen (secondary N) is 1. The summed E-state index contributed by atoms with van der Waals surface area (Å²) in [5.74, 6) is -0.303. The molecule has 0 unspecified atom stereocenters. The second-order valence-electron chi connectivity index (χ2n) is 5.61. The predicted octanol–water partition coefficient (Wildman–Crippen LogP) is 3.18. The van der Waals surface area contributed by atoms with Crippen molar-refractivity contribution in [3.8, 4) is 17.2 Å². The zero-order chi connectivity index (χ0) is 18.8. The maximum atomic E-state index is 13.8. The number of carbonyl (C=O) groups is 2. The summed E-state index contributed by atoms with van der Waals surface area (Å²) < 4.78 is 24.4. The molecule has 1 aliphatic heterocycles. The topological polar surface area (TPSA) is 94.3 Å². The summed E-state index contributed by atoms with van der Waals surface area (Å²) in [5.41, 5.74) is 1.08. The normalized spacial score (nSPS) is 12.9. The van der Waals surface area contributed by atoms with Crippen molar-refractivity contribution in [2.24, 2.45) is 0 Å². The molecule has 1 aromatic heterocycles. The standard InChI is InChI=1S/C18H12FN3O4S/c19-12-4-2-1-3-11(12)17-21-22-18(26-17)27-9-14(23)10-5-6-15-13(7-10)20-16(24)8-25-15/h1-7H,8-9H2,(H,20,24). The Morgan fingerprint density at radius 3 is 2.93 bits per heavy atom. The number of halogens is 1. The van der Waals surface area contributed by atoms with Gasteiger partial charge in [0.15, 0.2) is 12.4 Å². The second kappa shape index (κ2) is 7.20. The first-order valence-electron chi connectivity index (χ1n) is 7.91. The van der Waals surface area contributed by atoms with Crippen molar-refractivity contribution in [2.75, 3.05) is 17.7 Å². The third-order valence-corrected chi connectivity index (χ3v) is 4.59. The molecule has 0 saturated carbocycles. The van der Waals surface area contributed by atoms with Crippen LogP contribution in [0.1, 0.15) is 10.4 Å². The molecule has 7 nitrogen and oxygen atoms in total. The molecule has 27 heavy (non-hydrogen) atoms. The van der Waals surface area contributed by atoms with E-state index in [1.807, 2.05) is 0 Å². The Labute approximate surface area is 156 Å². The van der Waals surface area contributed by atoms with E-state index in [-0.39, 0.29) is 40.7 Å². The lowest BCUT2D eigenvalue weighted by atomic mass is 10.1. The number of hydrogen-bond acceptors (Lipinski definition) is 7. The molecule has 0 saturated heterocycles. The van der Waals surface area contributed by atoms with Gasteiger partial charge in [-0.2, -0.15) is 0 Å². The Balaban J connectivity index is 1.44. The van der Waals surface area contributed by atoms with E-state index < -0.39 is 5.82 Å². The lowest BCUT2D eigenvalue weighted by Crippen LogP contribution is -2.25. The number of hydrogen-bond donors (Lipinski definition) is 1. The van der Waals surface area contributed by atoms with Gasteiger partial charge in [-0.1, -0.05) is 23.9 Å². The SMILES string of the molecule is O=C1COc2ccc(C(=O)CSc3nnc(-c4ccccc4F)o3)cc2N1. The van der Waals surface area contributed by atoms with Crippen molar-refractivity contribution in [2.45, 2.75) is 5.22 Å². The van der Waals surface area contributed by atoms with Crippen molar-refractivity contribution >= 4 is 29.1 Å². The number of ether oxygens (including phenoxy) is 1. The van der Waals surface area contributed by atoms with Crippen LogP contribution < -0.4 is 10.1 Å². The molecule has 1 aliphatic rings. The molecule has 0 aliphatic carbocycles. The van der Waals surface area contributed by atoms with Crippen LogP contribution in [0.3, 0.4) is 0 Å². The molecular formula is C18H12FN3O4S. The largest absolute Gasteiger partial charge is 0.482 e. The van der Waals surface area contributed by atoms with Gasteiger partial charge in [0.2, 0.25) is 0 Å². The molecule has 2 heterocycles. The Morgan fingerprint density at radius 2 is 2.07 bits per heavy atom. The van der Waals surface area contributed by atoms with Gasteiger partial charge in [-0.15, -0.1) is 10.2 Å². The number of thioether (sulfide) groups is 1. The van der Waals surface area contributed by atoms with Crippen LogP contribution in [0.5, 0.6) is 5.75 Å². The van der Waals surface area contributed by atoms with Gasteiger partial charge >= 0.3 is 0 Å². The summed E-state index contributed by atoms with van der Waals surface area (Å²) in [4.78, 5) is 23.8. The quantitative estimate of drug-likeness (QED) is 0.532. The summed E-state index contributed by atoms with van der Waals surface area (Å²) in [7, 11) is 0. The zero-order valence-electron chi connectivity index (χ0n) is 13.8. The average Bonchev–Trinajstić information content (AvgIpc) is 3.14. The minimum atomic E-state index is -0.466. The van der Waals surface area contributed by atoms with E-state index in [1.165, 1.54) is 12.1 Å². The van der Waals surface area contributed by atoms with Gasteiger partial charge in [-0.05, 0) is 30.3 Å². The number of carbonyl (C=O) groups excluding carboxylic acids is 2. The number of fused-ring (bicyclic) bond motifs is 1. The summed E-state index contributed by atoms with van der Waals surface area (Å²) in [6, 6.07) is 10.9. The number of rotatable bonds is 5. The number of anilines is 1. The van der Waals surface area contributed by atoms with Crippen LogP contribution in [-0.4, -0.2) is 34.2 Å². The molecule has 0 atom stereocenters. The molecule has 3 aromatic rings. The molecule has 2 aromatic carbocycles. The molecule has 0 bridgehead atoms. The van der Waals surface area contributed by atoms with E-state index in [9.17, 15) is 14.0 Å². The minimum Gasteiger partial charge on any atom is -0.482 e. The van der Waals surface area contributed by atoms with Gasteiger partial charge < -0.3 is 14.5 Å². The summed E-state index contributed by atoms with van der Waals surface area (Å²) in [6.07, 6.45) is 0. The number of amides is 1. The molecule has 0 fully saturated rings. The summed E-state index contributed by atoms with van der Waals surface area (Å²) >= 11 is 1.05. The molecule has 9 heteroatoms. The molecule has 1 N–H and O–H groups in total. The second-order valence-corrected chi connectivity index (χ2v) is 6.54. The lowest BCUT2D eigenvalue weighted by Gasteiger charge is -2.18. The zero-order valence-corrected chi connectivity index (χ0v) is 14.6. The third-order valence-electron chi connectivity index (χ3n) is 3.77. The van der Waals surface area contributed by atoms with E-state index in [0.29, 0.717) is 17.0 Å². The number of Topliss-reactive ketones (excluding diaryl/α,β-unsaturated/α-hetero) is 1. The Kier molecular flexibility index (Phi) is 4.59. The van der Waals surface area contributed by atoms with Gasteiger partial charge in [-0.25, -0.2) is 4.39 Å². The number of benzene rings is 2. The van der Waals surface area contributed by atoms with Crippen LogP contribution in [-0.2, 0) is 4.79 Å². The summed E-state index contributed by atoms with van der Waals surface area (Å²) in [6.45, 7) is -0.0440. The molecule has 4 rings (SSSR count). The van der Waals surface area contributed by atoms with Gasteiger partial charge in [-0.3, -0.25) is 9.59 Å². The molecule has 0 radical (unpaired) electrons. The van der Waals surface area contributed by atoms with Crippen LogP contribution in [0, 0.1) is 5.82 Å². The molecule has 136 valence electrons. The monoisotopic (exact) mass is 385 g/mol. The van der Waals surface area contributed by atoms with Crippen molar-refractivity contribution in [3.05, 3.63) is 53.8 Å². The van der Waals surface area contributed by atoms with Crippen LogP contribution >= 0.6 is 11.8 Å². The smallest absolute Gasteiger partial charge is 0.277 e. The highest BCUT2D eigenvalue weighted by Gasteiger charge is 2.19. The van der Waals surface area contributed by atoms with Gasteiger partial charge in [0.05, 0.1) is 17.0 Å². The average molecular weight is 385 g/mol. The van der Waals surface area contributed by atoms with Crippen LogP contribution in [0.2, 0.25) is 0 Å². The number of nitrogens with zero attached hydrogens (tertiary/aromatic N) is 2. The highest BCUT2D eigenvalue weighted by molar-refractivity contribution is 7.99. The van der Waals surface area contributed by atoms with Gasteiger partial charge in [0.25, 0.3) is 17.0 Å². The van der Waals surface area contributed by atoms with Crippen molar-refractivity contribution in [1.29, 1.82) is 0 Å². The van der Waals surface area contributed by atoms with E-state index in [2.05, 4.69) is 15.5 Å². The van der Waals surface area contributed by atoms with Crippen molar-refractivity contribution in [3.63, 3.8) is 0 Å². The Morgan fingerprint density at radius 1 is 1.22 bits per heavy atom. The van der Waals surface area contributed by atoms with Crippen LogP contribution in [0.25, 0.3) is 11.5 Å². The fourth-order valence-electron chi connectivity index (χ4n) is 2.48. The number of ketones is 1. The van der Waals surface area contributed by atoms with E-state index in [0.717, 1.165) is 11.8 Å². The van der Waals surface area contributed by atoms with Gasteiger partial charge in [0.1, 0.15) is 11.6 Å². The fraction of sp³-hybridized carbons (Fsp3) is 0.111. The maximum absolute atomic E-state index is 13.8. The fourth-order valence-corrected chi connectivity index (χ4v) is 3.14. The Hall–Kier alpha value is -3.20. The van der Waals surface area contributed by atoms with E-state index in [1.54, 1.807) is 30.3 Å². The minimum absolute atomic E-state index is 0.0440. The first-order valence-corrected chi connectivity index (χ1v) is 8.90. The van der Waals surface area contributed by atoms with Crippen molar-refractivity contribution in [1.82, 2.24) is 10.2 Å². The first kappa shape index (κ1) is 17.2. The van der Waals surface area contributed by atoms with Gasteiger partial charge in [0, 0.05) is 5.56 Å². The van der Waals surface area contributed by atoms with E-state index >= 15 is 0 Å². The van der Waals surface area contributed by atoms with Crippen LogP contribution in [0.15, 0.2) is 52.1 Å². The van der Waals surface area contributed by atoms with Crippen molar-refractivity contribution < 1.29 is 23.1 Å².